The summed E-state index contributed by atoms with van der Waals surface area (Å²) in [5, 5.41) is 12.4. The van der Waals surface area contributed by atoms with Gasteiger partial charge in [0.25, 0.3) is 0 Å². The third kappa shape index (κ3) is 9.58. The molecule has 0 radical (unpaired) electrons. The van der Waals surface area contributed by atoms with Crippen molar-refractivity contribution in [2.45, 2.75) is 0 Å². The second-order valence-electron chi connectivity index (χ2n) is 8.01. The Kier molecular flexibility index (Phi) is 11.6. The summed E-state index contributed by atoms with van der Waals surface area (Å²) in [7, 11) is 3.57. The first kappa shape index (κ1) is 27.0. The van der Waals surface area contributed by atoms with Crippen molar-refractivity contribution in [2.75, 3.05) is 53.7 Å². The number of aromatic hydroxyl groups is 1. The van der Waals surface area contributed by atoms with Crippen LogP contribution in [0.2, 0.25) is 0 Å². The van der Waals surface area contributed by atoms with Crippen molar-refractivity contribution in [1.82, 2.24) is 5.32 Å². The van der Waals surface area contributed by atoms with Gasteiger partial charge in [-0.15, -0.1) is 0 Å². The normalized spacial score (nSPS) is 11.4. The standard InChI is InChI=1S/C30H35NO5/c1-31-17-18-34-19-20-35-21-22-36-29-15-9-25(10-16-29)5-11-27-12-6-26(23-30(27)33-2)4-3-24-7-13-28(32)14-8-24/h3-16,23,31-32H,17-22H2,1-2H3/b4-3+,11-5+. The van der Waals surface area contributed by atoms with Gasteiger partial charge in [0.15, 0.2) is 0 Å². The minimum atomic E-state index is 0.259. The van der Waals surface area contributed by atoms with Crippen LogP contribution in [0.1, 0.15) is 22.3 Å². The number of phenolic OH excluding ortho intramolecular Hbond substituents is 1. The number of benzene rings is 3. The molecule has 3 aromatic carbocycles. The Morgan fingerprint density at radius 3 is 1.97 bits per heavy atom. The van der Waals surface area contributed by atoms with Crippen LogP contribution in [0.4, 0.5) is 0 Å². The molecule has 0 amide bonds. The molecule has 3 aromatic rings. The van der Waals surface area contributed by atoms with Crippen molar-refractivity contribution in [3.8, 4) is 17.2 Å². The van der Waals surface area contributed by atoms with Crippen LogP contribution in [0.15, 0.2) is 66.7 Å². The highest BCUT2D eigenvalue weighted by Crippen LogP contribution is 2.24. The molecule has 0 fully saturated rings. The van der Waals surface area contributed by atoms with E-state index in [1.807, 2.05) is 85.9 Å². The number of methoxy groups -OCH3 is 1. The molecule has 190 valence electrons. The fraction of sp³-hybridized carbons (Fsp3) is 0.267. The lowest BCUT2D eigenvalue weighted by molar-refractivity contribution is 0.0376. The maximum atomic E-state index is 9.41. The Balaban J connectivity index is 1.46. The molecular formula is C30H35NO5. The predicted octanol–water partition coefficient (Wildman–Crippen LogP) is 5.37. The van der Waals surface area contributed by atoms with Gasteiger partial charge in [-0.25, -0.2) is 0 Å². The number of likely N-dealkylation sites (N-methyl/N-ethyl adjacent to an activating group) is 1. The van der Waals surface area contributed by atoms with E-state index in [2.05, 4.69) is 5.32 Å². The lowest BCUT2D eigenvalue weighted by Gasteiger charge is -2.08. The van der Waals surface area contributed by atoms with Gasteiger partial charge >= 0.3 is 0 Å². The van der Waals surface area contributed by atoms with Gasteiger partial charge in [0.05, 0.1) is 33.5 Å². The topological polar surface area (TPSA) is 69.2 Å². The van der Waals surface area contributed by atoms with Crippen LogP contribution in [0, 0.1) is 0 Å². The van der Waals surface area contributed by atoms with Gasteiger partial charge < -0.3 is 29.4 Å². The van der Waals surface area contributed by atoms with E-state index in [-0.39, 0.29) is 5.75 Å². The van der Waals surface area contributed by atoms with E-state index >= 15 is 0 Å². The first-order valence-corrected chi connectivity index (χ1v) is 12.0. The number of hydrogen-bond donors (Lipinski definition) is 2. The summed E-state index contributed by atoms with van der Waals surface area (Å²) in [6.45, 7) is 3.71. The van der Waals surface area contributed by atoms with Crippen LogP contribution in [0.3, 0.4) is 0 Å². The fourth-order valence-electron chi connectivity index (χ4n) is 3.32. The lowest BCUT2D eigenvalue weighted by Crippen LogP contribution is -2.17. The van der Waals surface area contributed by atoms with Gasteiger partial charge in [-0.05, 0) is 54.1 Å². The van der Waals surface area contributed by atoms with E-state index in [9.17, 15) is 5.11 Å². The maximum Gasteiger partial charge on any atom is 0.126 e. The smallest absolute Gasteiger partial charge is 0.126 e. The number of rotatable bonds is 15. The molecule has 0 aliphatic carbocycles. The zero-order valence-electron chi connectivity index (χ0n) is 21.0. The van der Waals surface area contributed by atoms with Gasteiger partial charge in [0.1, 0.15) is 23.9 Å². The number of ether oxygens (including phenoxy) is 4. The van der Waals surface area contributed by atoms with Crippen LogP contribution in [-0.2, 0) is 9.47 Å². The Morgan fingerprint density at radius 1 is 0.694 bits per heavy atom. The van der Waals surface area contributed by atoms with Crippen LogP contribution in [0.5, 0.6) is 17.2 Å². The monoisotopic (exact) mass is 489 g/mol. The van der Waals surface area contributed by atoms with E-state index < -0.39 is 0 Å². The second-order valence-corrected chi connectivity index (χ2v) is 8.01. The maximum absolute atomic E-state index is 9.41. The average molecular weight is 490 g/mol. The zero-order valence-corrected chi connectivity index (χ0v) is 21.0. The van der Waals surface area contributed by atoms with Crippen molar-refractivity contribution >= 4 is 24.3 Å². The first-order valence-electron chi connectivity index (χ1n) is 12.0. The summed E-state index contributed by atoms with van der Waals surface area (Å²) in [4.78, 5) is 0. The summed E-state index contributed by atoms with van der Waals surface area (Å²) in [6.07, 6.45) is 8.10. The summed E-state index contributed by atoms with van der Waals surface area (Å²) in [5.41, 5.74) is 4.10. The molecule has 0 aliphatic rings. The molecular weight excluding hydrogens is 454 g/mol. The Labute approximate surface area is 213 Å². The van der Waals surface area contributed by atoms with Crippen molar-refractivity contribution in [3.63, 3.8) is 0 Å². The zero-order chi connectivity index (χ0) is 25.4. The highest BCUT2D eigenvalue weighted by Gasteiger charge is 2.01. The minimum absolute atomic E-state index is 0.259. The molecule has 0 saturated carbocycles. The molecule has 0 heterocycles. The second kappa shape index (κ2) is 15.4. The highest BCUT2D eigenvalue weighted by atomic mass is 16.5. The van der Waals surface area contributed by atoms with E-state index in [4.69, 9.17) is 18.9 Å². The quantitative estimate of drug-likeness (QED) is 0.221. The molecule has 0 aliphatic heterocycles. The average Bonchev–Trinajstić information content (AvgIpc) is 2.91. The van der Waals surface area contributed by atoms with Crippen molar-refractivity contribution in [2.24, 2.45) is 0 Å². The third-order valence-electron chi connectivity index (χ3n) is 5.32. The van der Waals surface area contributed by atoms with Crippen molar-refractivity contribution in [1.29, 1.82) is 0 Å². The SMILES string of the molecule is CNCCOCCOCCOc1ccc(/C=C/c2ccc(/C=C/c3ccc(O)cc3)cc2OC)cc1. The van der Waals surface area contributed by atoms with Crippen LogP contribution in [0.25, 0.3) is 24.3 Å². The van der Waals surface area contributed by atoms with E-state index in [0.717, 1.165) is 40.3 Å². The molecule has 0 spiro atoms. The summed E-state index contributed by atoms with van der Waals surface area (Å²) < 4.78 is 22.3. The van der Waals surface area contributed by atoms with Gasteiger partial charge in [-0.3, -0.25) is 0 Å². The van der Waals surface area contributed by atoms with Crippen molar-refractivity contribution in [3.05, 3.63) is 89.0 Å². The van der Waals surface area contributed by atoms with Crippen LogP contribution >= 0.6 is 0 Å². The number of nitrogens with one attached hydrogen (secondary N) is 1. The molecule has 6 heteroatoms. The number of phenols is 1. The summed E-state index contributed by atoms with van der Waals surface area (Å²) in [6, 6.07) is 21.1. The lowest BCUT2D eigenvalue weighted by atomic mass is 10.1. The number of hydrogen-bond acceptors (Lipinski definition) is 6. The highest BCUT2D eigenvalue weighted by molar-refractivity contribution is 5.76. The summed E-state index contributed by atoms with van der Waals surface area (Å²) >= 11 is 0. The van der Waals surface area contributed by atoms with Crippen molar-refractivity contribution < 1.29 is 24.1 Å². The molecule has 6 nitrogen and oxygen atoms in total. The molecule has 0 unspecified atom stereocenters. The van der Waals surface area contributed by atoms with Gasteiger partial charge in [-0.2, -0.15) is 0 Å². The third-order valence-corrected chi connectivity index (χ3v) is 5.32. The molecule has 0 saturated heterocycles. The molecule has 0 aromatic heterocycles. The molecule has 0 atom stereocenters. The van der Waals surface area contributed by atoms with Crippen LogP contribution < -0.4 is 14.8 Å². The van der Waals surface area contributed by atoms with Gasteiger partial charge in [-0.1, -0.05) is 60.7 Å². The van der Waals surface area contributed by atoms with Gasteiger partial charge in [0, 0.05) is 12.1 Å². The molecule has 0 bridgehead atoms. The Morgan fingerprint density at radius 2 is 1.28 bits per heavy atom. The van der Waals surface area contributed by atoms with E-state index in [1.165, 1.54) is 0 Å². The largest absolute Gasteiger partial charge is 0.508 e. The Hall–Kier alpha value is -3.58. The van der Waals surface area contributed by atoms with Gasteiger partial charge in [0.2, 0.25) is 0 Å². The fourth-order valence-corrected chi connectivity index (χ4v) is 3.32. The molecule has 36 heavy (non-hydrogen) atoms. The minimum Gasteiger partial charge on any atom is -0.508 e. The Bertz CT molecular complexity index is 1090. The van der Waals surface area contributed by atoms with E-state index in [1.54, 1.807) is 19.2 Å². The molecule has 2 N–H and O–H groups in total. The van der Waals surface area contributed by atoms with Crippen LogP contribution in [-0.4, -0.2) is 58.8 Å². The predicted molar refractivity (Wildman–Crippen MR) is 146 cm³/mol. The molecule has 3 rings (SSSR count). The van der Waals surface area contributed by atoms with E-state index in [0.29, 0.717) is 33.0 Å². The first-order chi connectivity index (χ1) is 17.7. The summed E-state index contributed by atoms with van der Waals surface area (Å²) in [5.74, 6) is 1.87.